The minimum atomic E-state index is -0.902. The lowest BCUT2D eigenvalue weighted by atomic mass is 9.88. The molecule has 1 aliphatic carbocycles. The molecule has 0 aromatic heterocycles. The standard InChI is InChI=1S/C10H14O2S/c11-10(12)9(7-13)6-8-4-2-1-3-5-8/h6-8H,1-5H2,(H,11,12). The molecule has 0 amide bonds. The van der Waals surface area contributed by atoms with Crippen molar-refractivity contribution < 1.29 is 9.90 Å². The summed E-state index contributed by atoms with van der Waals surface area (Å²) in [6.45, 7) is 0. The van der Waals surface area contributed by atoms with Crippen molar-refractivity contribution in [2.45, 2.75) is 32.1 Å². The average Bonchev–Trinajstić information content (AvgIpc) is 2.15. The second kappa shape index (κ2) is 5.12. The number of hydrogen-bond acceptors (Lipinski definition) is 2. The first kappa shape index (κ1) is 10.4. The molecule has 13 heavy (non-hydrogen) atoms. The fourth-order valence-corrected chi connectivity index (χ4v) is 1.90. The molecule has 0 atom stereocenters. The molecule has 0 unspecified atom stereocenters. The number of carbonyl (C=O) groups is 1. The van der Waals surface area contributed by atoms with Gasteiger partial charge in [-0.05, 0) is 18.8 Å². The third kappa shape index (κ3) is 3.27. The highest BCUT2D eigenvalue weighted by Crippen LogP contribution is 2.25. The summed E-state index contributed by atoms with van der Waals surface area (Å²) in [4.78, 5) is 10.6. The molecule has 1 aliphatic rings. The first-order chi connectivity index (χ1) is 6.24. The lowest BCUT2D eigenvalue weighted by Gasteiger charge is -2.18. The molecule has 72 valence electrons. The fraction of sp³-hybridized carbons (Fsp3) is 0.600. The Morgan fingerprint density at radius 1 is 1.31 bits per heavy atom. The van der Waals surface area contributed by atoms with Crippen LogP contribution in [-0.4, -0.2) is 16.4 Å². The number of thiocarbonyl (C=S) groups is 1. The molecule has 1 saturated carbocycles. The number of carboxylic acids is 1. The third-order valence-corrected chi connectivity index (χ3v) is 2.69. The third-order valence-electron chi connectivity index (χ3n) is 2.44. The number of allylic oxidation sites excluding steroid dienone is 1. The molecule has 0 bridgehead atoms. The fourth-order valence-electron chi connectivity index (χ4n) is 1.72. The summed E-state index contributed by atoms with van der Waals surface area (Å²) in [6.07, 6.45) is 7.75. The molecular weight excluding hydrogens is 184 g/mol. The Morgan fingerprint density at radius 3 is 2.38 bits per heavy atom. The van der Waals surface area contributed by atoms with Crippen LogP contribution in [0.25, 0.3) is 0 Å². The van der Waals surface area contributed by atoms with Crippen LogP contribution in [0.4, 0.5) is 0 Å². The minimum absolute atomic E-state index is 0.280. The van der Waals surface area contributed by atoms with Crippen LogP contribution in [0, 0.1) is 5.92 Å². The van der Waals surface area contributed by atoms with Crippen LogP contribution in [0.5, 0.6) is 0 Å². The van der Waals surface area contributed by atoms with Crippen LogP contribution in [0.1, 0.15) is 32.1 Å². The van der Waals surface area contributed by atoms with Crippen LogP contribution in [0.3, 0.4) is 0 Å². The van der Waals surface area contributed by atoms with Crippen LogP contribution >= 0.6 is 12.2 Å². The Bertz CT molecular complexity index is 227. The van der Waals surface area contributed by atoms with Gasteiger partial charge in [-0.25, -0.2) is 4.79 Å². The van der Waals surface area contributed by atoms with Gasteiger partial charge in [-0.3, -0.25) is 0 Å². The van der Waals surface area contributed by atoms with Gasteiger partial charge in [-0.2, -0.15) is 0 Å². The zero-order chi connectivity index (χ0) is 9.68. The van der Waals surface area contributed by atoms with Gasteiger partial charge in [-0.15, -0.1) is 0 Å². The number of rotatable bonds is 3. The maximum atomic E-state index is 10.6. The van der Waals surface area contributed by atoms with Gasteiger partial charge >= 0.3 is 5.97 Å². The van der Waals surface area contributed by atoms with Crippen molar-refractivity contribution in [2.24, 2.45) is 5.92 Å². The highest BCUT2D eigenvalue weighted by atomic mass is 32.1. The molecule has 2 nitrogen and oxygen atoms in total. The largest absolute Gasteiger partial charge is 0.478 e. The monoisotopic (exact) mass is 198 g/mol. The Balaban J connectivity index is 2.59. The quantitative estimate of drug-likeness (QED) is 0.559. The highest BCUT2D eigenvalue weighted by Gasteiger charge is 2.13. The van der Waals surface area contributed by atoms with E-state index in [-0.39, 0.29) is 5.57 Å². The summed E-state index contributed by atoms with van der Waals surface area (Å²) in [5.41, 5.74) is 0.280. The van der Waals surface area contributed by atoms with Crippen molar-refractivity contribution in [1.82, 2.24) is 0 Å². The summed E-state index contributed by atoms with van der Waals surface area (Å²) < 4.78 is 0. The van der Waals surface area contributed by atoms with E-state index < -0.39 is 5.97 Å². The Hall–Kier alpha value is -0.700. The first-order valence-corrected chi connectivity index (χ1v) is 5.11. The molecule has 0 spiro atoms. The van der Waals surface area contributed by atoms with Crippen molar-refractivity contribution in [3.63, 3.8) is 0 Å². The van der Waals surface area contributed by atoms with E-state index in [0.29, 0.717) is 5.92 Å². The molecule has 1 fully saturated rings. The molecule has 3 heteroatoms. The van der Waals surface area contributed by atoms with Crippen molar-refractivity contribution in [3.05, 3.63) is 11.6 Å². The van der Waals surface area contributed by atoms with E-state index in [1.54, 1.807) is 0 Å². The van der Waals surface area contributed by atoms with Gasteiger partial charge in [0.2, 0.25) is 0 Å². The van der Waals surface area contributed by atoms with E-state index in [1.165, 1.54) is 24.6 Å². The van der Waals surface area contributed by atoms with Gasteiger partial charge in [0, 0.05) is 5.37 Å². The predicted octanol–water partition coefficient (Wildman–Crippen LogP) is 2.58. The normalized spacial score (nSPS) is 19.8. The second-order valence-electron chi connectivity index (χ2n) is 3.44. The second-order valence-corrected chi connectivity index (χ2v) is 3.68. The molecule has 0 radical (unpaired) electrons. The number of aliphatic carboxylic acids is 1. The van der Waals surface area contributed by atoms with E-state index in [2.05, 4.69) is 12.2 Å². The molecule has 0 aromatic rings. The van der Waals surface area contributed by atoms with E-state index in [1.807, 2.05) is 6.08 Å². The van der Waals surface area contributed by atoms with E-state index in [0.717, 1.165) is 12.8 Å². The smallest absolute Gasteiger partial charge is 0.336 e. The van der Waals surface area contributed by atoms with Gasteiger partial charge < -0.3 is 5.11 Å². The first-order valence-electron chi connectivity index (χ1n) is 4.64. The number of carboxylic acid groups (broad SMARTS) is 1. The van der Waals surface area contributed by atoms with Gasteiger partial charge in [0.25, 0.3) is 0 Å². The van der Waals surface area contributed by atoms with Crippen LogP contribution in [0.2, 0.25) is 0 Å². The molecule has 0 saturated heterocycles. The van der Waals surface area contributed by atoms with Crippen LogP contribution < -0.4 is 0 Å². The molecular formula is C10H14O2S. The van der Waals surface area contributed by atoms with Gasteiger partial charge in [0.05, 0.1) is 5.57 Å². The highest BCUT2D eigenvalue weighted by molar-refractivity contribution is 7.79. The van der Waals surface area contributed by atoms with Crippen LogP contribution in [-0.2, 0) is 4.79 Å². The molecule has 1 rings (SSSR count). The Morgan fingerprint density at radius 2 is 1.92 bits per heavy atom. The van der Waals surface area contributed by atoms with Crippen LogP contribution in [0.15, 0.2) is 11.6 Å². The maximum Gasteiger partial charge on any atom is 0.336 e. The van der Waals surface area contributed by atoms with E-state index in [4.69, 9.17) is 5.11 Å². The van der Waals surface area contributed by atoms with Crippen molar-refractivity contribution in [3.8, 4) is 0 Å². The zero-order valence-corrected chi connectivity index (χ0v) is 8.35. The summed E-state index contributed by atoms with van der Waals surface area (Å²) in [6, 6.07) is 0. The van der Waals surface area contributed by atoms with Crippen molar-refractivity contribution in [1.29, 1.82) is 0 Å². The van der Waals surface area contributed by atoms with Gasteiger partial charge in [-0.1, -0.05) is 37.6 Å². The summed E-state index contributed by atoms with van der Waals surface area (Å²) in [7, 11) is 0. The summed E-state index contributed by atoms with van der Waals surface area (Å²) >= 11 is 4.64. The molecule has 0 heterocycles. The predicted molar refractivity (Wildman–Crippen MR) is 55.9 cm³/mol. The lowest BCUT2D eigenvalue weighted by molar-refractivity contribution is -0.132. The molecule has 0 aliphatic heterocycles. The summed E-state index contributed by atoms with van der Waals surface area (Å²) in [5, 5.41) is 10.00. The topological polar surface area (TPSA) is 37.3 Å². The SMILES string of the molecule is O=C(O)C(C=S)=CC1CCCCC1. The maximum absolute atomic E-state index is 10.6. The molecule has 0 aromatic carbocycles. The van der Waals surface area contributed by atoms with Crippen molar-refractivity contribution in [2.75, 3.05) is 0 Å². The Kier molecular flexibility index (Phi) is 4.09. The zero-order valence-electron chi connectivity index (χ0n) is 7.53. The van der Waals surface area contributed by atoms with Crippen molar-refractivity contribution >= 4 is 23.6 Å². The Labute approximate surface area is 83.6 Å². The van der Waals surface area contributed by atoms with Gasteiger partial charge in [0.15, 0.2) is 0 Å². The lowest BCUT2D eigenvalue weighted by Crippen LogP contribution is -2.08. The van der Waals surface area contributed by atoms with E-state index in [9.17, 15) is 4.79 Å². The minimum Gasteiger partial charge on any atom is -0.478 e. The summed E-state index contributed by atoms with van der Waals surface area (Å²) in [5.74, 6) is -0.473. The average molecular weight is 198 g/mol. The molecule has 1 N–H and O–H groups in total. The van der Waals surface area contributed by atoms with E-state index >= 15 is 0 Å². The van der Waals surface area contributed by atoms with Gasteiger partial charge in [0.1, 0.15) is 0 Å². The number of hydrogen-bond donors (Lipinski definition) is 1.